The number of primary amides is 1. The molecule has 1 amide bonds. The maximum Gasteiger partial charge on any atom is 0.221 e. The highest BCUT2D eigenvalue weighted by molar-refractivity contribution is 5.76. The van der Waals surface area contributed by atoms with Gasteiger partial charge in [0, 0.05) is 25.8 Å². The first-order chi connectivity index (χ1) is 12.5. The number of likely N-dealkylation sites (tertiary alicyclic amines) is 1. The quantitative estimate of drug-likeness (QED) is 0.833. The summed E-state index contributed by atoms with van der Waals surface area (Å²) in [6.45, 7) is 7.23. The van der Waals surface area contributed by atoms with Gasteiger partial charge in [-0.2, -0.15) is 0 Å². The Morgan fingerprint density at radius 3 is 2.96 bits per heavy atom. The molecule has 0 spiro atoms. The lowest BCUT2D eigenvalue weighted by Gasteiger charge is -2.31. The molecular formula is C20H27N5O. The van der Waals surface area contributed by atoms with Gasteiger partial charge in [0.05, 0.1) is 17.3 Å². The van der Waals surface area contributed by atoms with E-state index in [1.807, 2.05) is 13.8 Å². The number of nitrogens with two attached hydrogens (primary N) is 1. The summed E-state index contributed by atoms with van der Waals surface area (Å²) in [7, 11) is 0. The number of nitrogens with one attached hydrogen (secondary N) is 1. The van der Waals surface area contributed by atoms with E-state index in [0.717, 1.165) is 49.7 Å². The van der Waals surface area contributed by atoms with Gasteiger partial charge >= 0.3 is 0 Å². The predicted molar refractivity (Wildman–Crippen MR) is 102 cm³/mol. The predicted octanol–water partition coefficient (Wildman–Crippen LogP) is 2.40. The lowest BCUT2D eigenvalue weighted by atomic mass is 9.97. The van der Waals surface area contributed by atoms with Crippen molar-refractivity contribution < 1.29 is 4.79 Å². The number of piperidine rings is 1. The standard InChI is InChI=1S/C20H27N5O/c1-14-10-22-15(2)20(24-14)23-11-16-5-3-6-17(9-16)12-25-8-4-7-18(13-25)19(21)26/h3,5-6,9-10,18H,4,7-8,11-13H2,1-2H3,(H2,21,26)(H,23,24). The number of aryl methyl sites for hydroxylation is 2. The molecule has 138 valence electrons. The van der Waals surface area contributed by atoms with Gasteiger partial charge in [0.1, 0.15) is 5.82 Å². The Morgan fingerprint density at radius 1 is 1.35 bits per heavy atom. The maximum absolute atomic E-state index is 11.5. The molecule has 2 aromatic rings. The molecule has 1 aliphatic rings. The Labute approximate surface area is 154 Å². The van der Waals surface area contributed by atoms with Crippen LogP contribution >= 0.6 is 0 Å². The average molecular weight is 353 g/mol. The summed E-state index contributed by atoms with van der Waals surface area (Å²) >= 11 is 0. The summed E-state index contributed by atoms with van der Waals surface area (Å²) < 4.78 is 0. The van der Waals surface area contributed by atoms with E-state index in [1.54, 1.807) is 6.20 Å². The second-order valence-corrected chi connectivity index (χ2v) is 7.10. The van der Waals surface area contributed by atoms with Crippen LogP contribution in [-0.2, 0) is 17.9 Å². The number of anilines is 1. The molecule has 1 aromatic heterocycles. The summed E-state index contributed by atoms with van der Waals surface area (Å²) in [6.07, 6.45) is 3.71. The van der Waals surface area contributed by atoms with E-state index in [2.05, 4.69) is 44.5 Å². The lowest BCUT2D eigenvalue weighted by molar-refractivity contribution is -0.123. The van der Waals surface area contributed by atoms with E-state index in [9.17, 15) is 4.79 Å². The highest BCUT2D eigenvalue weighted by Gasteiger charge is 2.23. The van der Waals surface area contributed by atoms with Crippen LogP contribution in [0.1, 0.15) is 35.4 Å². The molecule has 1 saturated heterocycles. The number of nitrogens with zero attached hydrogens (tertiary/aromatic N) is 3. The minimum absolute atomic E-state index is 0.0172. The van der Waals surface area contributed by atoms with Crippen molar-refractivity contribution in [3.05, 3.63) is 53.0 Å². The molecule has 2 heterocycles. The van der Waals surface area contributed by atoms with Crippen molar-refractivity contribution in [2.75, 3.05) is 18.4 Å². The van der Waals surface area contributed by atoms with E-state index in [-0.39, 0.29) is 11.8 Å². The van der Waals surface area contributed by atoms with Crippen LogP contribution in [0.4, 0.5) is 5.82 Å². The third-order valence-electron chi connectivity index (χ3n) is 4.84. The molecular weight excluding hydrogens is 326 g/mol. The summed E-state index contributed by atoms with van der Waals surface area (Å²) in [5, 5.41) is 3.37. The lowest BCUT2D eigenvalue weighted by Crippen LogP contribution is -2.40. The first-order valence-corrected chi connectivity index (χ1v) is 9.15. The van der Waals surface area contributed by atoms with Crippen molar-refractivity contribution in [1.82, 2.24) is 14.9 Å². The minimum atomic E-state index is -0.178. The van der Waals surface area contributed by atoms with Crippen molar-refractivity contribution in [2.45, 2.75) is 39.8 Å². The van der Waals surface area contributed by atoms with Gasteiger partial charge in [-0.25, -0.2) is 4.98 Å². The molecule has 1 aliphatic heterocycles. The molecule has 3 rings (SSSR count). The summed E-state index contributed by atoms with van der Waals surface area (Å²) in [4.78, 5) is 22.6. The second-order valence-electron chi connectivity index (χ2n) is 7.10. The number of aromatic nitrogens is 2. The third-order valence-corrected chi connectivity index (χ3v) is 4.84. The summed E-state index contributed by atoms with van der Waals surface area (Å²) in [5.41, 5.74) is 9.74. The molecule has 0 radical (unpaired) electrons. The van der Waals surface area contributed by atoms with Crippen molar-refractivity contribution >= 4 is 11.7 Å². The molecule has 6 nitrogen and oxygen atoms in total. The van der Waals surface area contributed by atoms with Gasteiger partial charge in [-0.3, -0.25) is 14.7 Å². The van der Waals surface area contributed by atoms with Crippen LogP contribution in [0.15, 0.2) is 30.5 Å². The zero-order chi connectivity index (χ0) is 18.5. The van der Waals surface area contributed by atoms with Crippen LogP contribution in [0.5, 0.6) is 0 Å². The number of benzene rings is 1. The molecule has 0 saturated carbocycles. The molecule has 0 aliphatic carbocycles. The fourth-order valence-corrected chi connectivity index (χ4v) is 3.42. The molecule has 3 N–H and O–H groups in total. The molecule has 1 atom stereocenters. The fourth-order valence-electron chi connectivity index (χ4n) is 3.42. The summed E-state index contributed by atoms with van der Waals surface area (Å²) in [6, 6.07) is 8.53. The number of rotatable bonds is 6. The number of amides is 1. The van der Waals surface area contributed by atoms with Gasteiger partial charge in [-0.15, -0.1) is 0 Å². The summed E-state index contributed by atoms with van der Waals surface area (Å²) in [5.74, 6) is 0.634. The molecule has 6 heteroatoms. The topological polar surface area (TPSA) is 84.1 Å². The SMILES string of the molecule is Cc1cnc(C)c(NCc2cccc(CN3CCCC(C(N)=O)C3)c2)n1. The van der Waals surface area contributed by atoms with Crippen LogP contribution in [0.2, 0.25) is 0 Å². The molecule has 0 bridgehead atoms. The van der Waals surface area contributed by atoms with Crippen LogP contribution in [0.25, 0.3) is 0 Å². The zero-order valence-corrected chi connectivity index (χ0v) is 15.5. The van der Waals surface area contributed by atoms with Gasteiger partial charge in [0.25, 0.3) is 0 Å². The Hall–Kier alpha value is -2.47. The number of hydrogen-bond donors (Lipinski definition) is 2. The van der Waals surface area contributed by atoms with E-state index in [4.69, 9.17) is 5.73 Å². The Morgan fingerprint density at radius 2 is 2.15 bits per heavy atom. The van der Waals surface area contributed by atoms with E-state index < -0.39 is 0 Å². The number of hydrogen-bond acceptors (Lipinski definition) is 5. The van der Waals surface area contributed by atoms with Crippen LogP contribution < -0.4 is 11.1 Å². The minimum Gasteiger partial charge on any atom is -0.369 e. The molecule has 26 heavy (non-hydrogen) atoms. The van der Waals surface area contributed by atoms with Crippen LogP contribution in [-0.4, -0.2) is 33.9 Å². The van der Waals surface area contributed by atoms with Crippen LogP contribution in [0.3, 0.4) is 0 Å². The molecule has 1 aromatic carbocycles. The Bertz CT molecular complexity index is 777. The molecule has 1 unspecified atom stereocenters. The van der Waals surface area contributed by atoms with Crippen molar-refractivity contribution in [1.29, 1.82) is 0 Å². The number of carbonyl (C=O) groups excluding carboxylic acids is 1. The van der Waals surface area contributed by atoms with E-state index >= 15 is 0 Å². The Kier molecular flexibility index (Phi) is 5.83. The average Bonchev–Trinajstić information content (AvgIpc) is 2.63. The smallest absolute Gasteiger partial charge is 0.221 e. The second kappa shape index (κ2) is 8.27. The fraction of sp³-hybridized carbons (Fsp3) is 0.450. The van der Waals surface area contributed by atoms with E-state index in [0.29, 0.717) is 6.54 Å². The van der Waals surface area contributed by atoms with Crippen LogP contribution in [0, 0.1) is 19.8 Å². The maximum atomic E-state index is 11.5. The first kappa shape index (κ1) is 18.3. The van der Waals surface area contributed by atoms with Gasteiger partial charge in [-0.05, 0) is 44.4 Å². The number of carbonyl (C=O) groups is 1. The van der Waals surface area contributed by atoms with Gasteiger partial charge in [0.15, 0.2) is 0 Å². The zero-order valence-electron chi connectivity index (χ0n) is 15.5. The third kappa shape index (κ3) is 4.79. The highest BCUT2D eigenvalue weighted by Crippen LogP contribution is 2.19. The van der Waals surface area contributed by atoms with E-state index in [1.165, 1.54) is 11.1 Å². The van der Waals surface area contributed by atoms with Crippen molar-refractivity contribution in [3.8, 4) is 0 Å². The molecule has 1 fully saturated rings. The van der Waals surface area contributed by atoms with Gasteiger partial charge < -0.3 is 11.1 Å². The first-order valence-electron chi connectivity index (χ1n) is 9.15. The Balaban J connectivity index is 1.61. The monoisotopic (exact) mass is 353 g/mol. The largest absolute Gasteiger partial charge is 0.369 e. The highest BCUT2D eigenvalue weighted by atomic mass is 16.1. The van der Waals surface area contributed by atoms with Crippen molar-refractivity contribution in [2.24, 2.45) is 11.7 Å². The van der Waals surface area contributed by atoms with Gasteiger partial charge in [-0.1, -0.05) is 24.3 Å². The van der Waals surface area contributed by atoms with Gasteiger partial charge in [0.2, 0.25) is 5.91 Å². The van der Waals surface area contributed by atoms with Crippen molar-refractivity contribution in [3.63, 3.8) is 0 Å². The normalized spacial score (nSPS) is 17.8.